The summed E-state index contributed by atoms with van der Waals surface area (Å²) in [6, 6.07) is 2.65. The van der Waals surface area contributed by atoms with Crippen molar-refractivity contribution in [1.29, 1.82) is 0 Å². The summed E-state index contributed by atoms with van der Waals surface area (Å²) in [4.78, 5) is 10.7. The zero-order valence-electron chi connectivity index (χ0n) is 7.99. The maximum Gasteiger partial charge on any atom is 0.338 e. The SMILES string of the molecule is Cn1ccc2c(F)c(C(=O)O)cc(N)c21. The number of benzene rings is 1. The number of hydrogen-bond donors (Lipinski definition) is 2. The number of rotatable bonds is 1. The van der Waals surface area contributed by atoms with Crippen LogP contribution in [0, 0.1) is 5.82 Å². The molecule has 2 aromatic rings. The van der Waals surface area contributed by atoms with Gasteiger partial charge in [0, 0.05) is 18.6 Å². The van der Waals surface area contributed by atoms with Crippen LogP contribution in [0.4, 0.5) is 10.1 Å². The van der Waals surface area contributed by atoms with Crippen LogP contribution in [0.5, 0.6) is 0 Å². The topological polar surface area (TPSA) is 68.2 Å². The Kier molecular flexibility index (Phi) is 1.89. The van der Waals surface area contributed by atoms with Crippen molar-refractivity contribution in [2.24, 2.45) is 7.05 Å². The highest BCUT2D eigenvalue weighted by atomic mass is 19.1. The molecule has 0 unspecified atom stereocenters. The summed E-state index contributed by atoms with van der Waals surface area (Å²) < 4.78 is 15.3. The Balaban J connectivity index is 2.92. The number of nitrogens with two attached hydrogens (primary N) is 1. The van der Waals surface area contributed by atoms with E-state index in [1.807, 2.05) is 0 Å². The number of nitrogens with zero attached hydrogens (tertiary/aromatic N) is 1. The van der Waals surface area contributed by atoms with Crippen LogP contribution in [0.1, 0.15) is 10.4 Å². The number of hydrogen-bond acceptors (Lipinski definition) is 2. The van der Waals surface area contributed by atoms with Crippen LogP contribution in [0.15, 0.2) is 18.3 Å². The van der Waals surface area contributed by atoms with Gasteiger partial charge in [-0.2, -0.15) is 0 Å². The molecule has 5 heteroatoms. The molecule has 15 heavy (non-hydrogen) atoms. The summed E-state index contributed by atoms with van der Waals surface area (Å²) in [6.45, 7) is 0. The molecule has 4 nitrogen and oxygen atoms in total. The summed E-state index contributed by atoms with van der Waals surface area (Å²) in [5.74, 6) is -2.06. The molecule has 0 saturated carbocycles. The highest BCUT2D eigenvalue weighted by Crippen LogP contribution is 2.27. The van der Waals surface area contributed by atoms with E-state index < -0.39 is 17.3 Å². The van der Waals surface area contributed by atoms with Gasteiger partial charge in [0.2, 0.25) is 0 Å². The number of aryl methyl sites for hydroxylation is 1. The molecule has 0 bridgehead atoms. The zero-order chi connectivity index (χ0) is 11.2. The minimum atomic E-state index is -1.31. The van der Waals surface area contributed by atoms with E-state index in [4.69, 9.17) is 10.8 Å². The third-order valence-electron chi connectivity index (χ3n) is 2.35. The molecular weight excluding hydrogens is 199 g/mol. The molecule has 0 aliphatic carbocycles. The van der Waals surface area contributed by atoms with Crippen molar-refractivity contribution >= 4 is 22.6 Å². The molecule has 2 rings (SSSR count). The van der Waals surface area contributed by atoms with Crippen molar-refractivity contribution in [3.05, 3.63) is 29.7 Å². The second-order valence-electron chi connectivity index (χ2n) is 3.32. The van der Waals surface area contributed by atoms with Gasteiger partial charge in [0.15, 0.2) is 0 Å². The van der Waals surface area contributed by atoms with Crippen LogP contribution in [-0.2, 0) is 7.05 Å². The van der Waals surface area contributed by atoms with Gasteiger partial charge in [-0.25, -0.2) is 9.18 Å². The van der Waals surface area contributed by atoms with Crippen molar-refractivity contribution < 1.29 is 14.3 Å². The highest BCUT2D eigenvalue weighted by molar-refractivity contribution is 5.99. The third kappa shape index (κ3) is 1.24. The van der Waals surface area contributed by atoms with E-state index in [1.165, 1.54) is 6.07 Å². The number of anilines is 1. The smallest absolute Gasteiger partial charge is 0.338 e. The largest absolute Gasteiger partial charge is 0.478 e. The van der Waals surface area contributed by atoms with Gasteiger partial charge in [0.25, 0.3) is 0 Å². The van der Waals surface area contributed by atoms with Crippen molar-refractivity contribution in [2.45, 2.75) is 0 Å². The lowest BCUT2D eigenvalue weighted by Gasteiger charge is -2.04. The first-order valence-electron chi connectivity index (χ1n) is 4.28. The standard InChI is InChI=1S/C10H9FN2O2/c1-13-3-2-5-8(11)6(10(14)15)4-7(12)9(5)13/h2-4H,12H2,1H3,(H,14,15). The van der Waals surface area contributed by atoms with Crippen molar-refractivity contribution in [3.8, 4) is 0 Å². The lowest BCUT2D eigenvalue weighted by Crippen LogP contribution is -2.03. The van der Waals surface area contributed by atoms with E-state index in [9.17, 15) is 9.18 Å². The molecule has 78 valence electrons. The lowest BCUT2D eigenvalue weighted by atomic mass is 10.1. The van der Waals surface area contributed by atoms with Gasteiger partial charge in [-0.05, 0) is 12.1 Å². The molecule has 0 aliphatic rings. The van der Waals surface area contributed by atoms with Gasteiger partial charge in [-0.1, -0.05) is 0 Å². The van der Waals surface area contributed by atoms with Crippen LogP contribution in [0.3, 0.4) is 0 Å². The zero-order valence-corrected chi connectivity index (χ0v) is 7.99. The monoisotopic (exact) mass is 208 g/mol. The summed E-state index contributed by atoms with van der Waals surface area (Å²) >= 11 is 0. The van der Waals surface area contributed by atoms with E-state index in [1.54, 1.807) is 17.8 Å². The number of aromatic nitrogens is 1. The molecule has 0 aliphatic heterocycles. The Labute approximate surface area is 84.7 Å². The van der Waals surface area contributed by atoms with Crippen LogP contribution < -0.4 is 5.73 Å². The van der Waals surface area contributed by atoms with Crippen molar-refractivity contribution in [1.82, 2.24) is 4.57 Å². The van der Waals surface area contributed by atoms with Gasteiger partial charge < -0.3 is 15.4 Å². The molecule has 0 atom stereocenters. The Morgan fingerprint density at radius 2 is 2.27 bits per heavy atom. The van der Waals surface area contributed by atoms with E-state index in [2.05, 4.69) is 0 Å². The van der Waals surface area contributed by atoms with Gasteiger partial charge in [-0.15, -0.1) is 0 Å². The molecular formula is C10H9FN2O2. The number of carbonyl (C=O) groups is 1. The lowest BCUT2D eigenvalue weighted by molar-refractivity contribution is 0.0692. The Bertz CT molecular complexity index is 560. The second-order valence-corrected chi connectivity index (χ2v) is 3.32. The second kappa shape index (κ2) is 2.98. The average Bonchev–Trinajstić information content (AvgIpc) is 2.54. The van der Waals surface area contributed by atoms with E-state index >= 15 is 0 Å². The number of nitrogen functional groups attached to an aromatic ring is 1. The molecule has 0 radical (unpaired) electrons. The molecule has 1 aromatic carbocycles. The first-order chi connectivity index (χ1) is 7.02. The van der Waals surface area contributed by atoms with Gasteiger partial charge in [0.1, 0.15) is 5.82 Å². The number of aromatic carboxylic acids is 1. The first-order valence-corrected chi connectivity index (χ1v) is 4.28. The van der Waals surface area contributed by atoms with E-state index in [0.717, 1.165) is 6.07 Å². The number of fused-ring (bicyclic) bond motifs is 1. The maximum atomic E-state index is 13.7. The van der Waals surface area contributed by atoms with Crippen LogP contribution in [0.2, 0.25) is 0 Å². The molecule has 0 saturated heterocycles. The summed E-state index contributed by atoms with van der Waals surface area (Å²) in [5.41, 5.74) is 6.03. The normalized spacial score (nSPS) is 10.8. The predicted octanol–water partition coefficient (Wildman–Crippen LogP) is 1.60. The summed E-state index contributed by atoms with van der Waals surface area (Å²) in [6.07, 6.45) is 1.63. The van der Waals surface area contributed by atoms with Crippen LogP contribution >= 0.6 is 0 Å². The summed E-state index contributed by atoms with van der Waals surface area (Å²) in [7, 11) is 1.72. The molecule has 3 N–H and O–H groups in total. The molecule has 0 fully saturated rings. The molecule has 0 amide bonds. The minimum Gasteiger partial charge on any atom is -0.478 e. The third-order valence-corrected chi connectivity index (χ3v) is 2.35. The average molecular weight is 208 g/mol. The quantitative estimate of drug-likeness (QED) is 0.699. The fraction of sp³-hybridized carbons (Fsp3) is 0.100. The Hall–Kier alpha value is -2.04. The summed E-state index contributed by atoms with van der Waals surface area (Å²) in [5, 5.41) is 8.99. The number of halogens is 1. The number of carboxylic acids is 1. The highest BCUT2D eigenvalue weighted by Gasteiger charge is 2.17. The van der Waals surface area contributed by atoms with Crippen molar-refractivity contribution in [3.63, 3.8) is 0 Å². The molecule has 1 aromatic heterocycles. The first kappa shape index (κ1) is 9.51. The fourth-order valence-electron chi connectivity index (χ4n) is 1.65. The van der Waals surface area contributed by atoms with Gasteiger partial charge in [-0.3, -0.25) is 0 Å². The van der Waals surface area contributed by atoms with Crippen LogP contribution in [0.25, 0.3) is 10.9 Å². The van der Waals surface area contributed by atoms with Crippen molar-refractivity contribution in [2.75, 3.05) is 5.73 Å². The molecule has 0 spiro atoms. The van der Waals surface area contributed by atoms with E-state index in [0.29, 0.717) is 5.52 Å². The predicted molar refractivity (Wildman–Crippen MR) is 54.2 cm³/mol. The molecule has 1 heterocycles. The maximum absolute atomic E-state index is 13.7. The Morgan fingerprint density at radius 3 is 2.87 bits per heavy atom. The van der Waals surface area contributed by atoms with Gasteiger partial charge in [0.05, 0.1) is 16.8 Å². The van der Waals surface area contributed by atoms with Gasteiger partial charge >= 0.3 is 5.97 Å². The van der Waals surface area contributed by atoms with E-state index in [-0.39, 0.29) is 11.1 Å². The van der Waals surface area contributed by atoms with Crippen LogP contribution in [-0.4, -0.2) is 15.6 Å². The Morgan fingerprint density at radius 1 is 1.60 bits per heavy atom. The number of carboxylic acid groups (broad SMARTS) is 1. The fourth-order valence-corrected chi connectivity index (χ4v) is 1.65. The minimum absolute atomic E-state index is 0.231.